The van der Waals surface area contributed by atoms with Crippen LogP contribution in [0, 0.1) is 5.92 Å². The summed E-state index contributed by atoms with van der Waals surface area (Å²) in [5, 5.41) is 3.57. The molecule has 26 heavy (non-hydrogen) atoms. The molecule has 1 N–H and O–H groups in total. The molecule has 6 nitrogen and oxygen atoms in total. The largest absolute Gasteiger partial charge is 0.355 e. The molecule has 2 amide bonds. The van der Waals surface area contributed by atoms with Crippen LogP contribution in [0.3, 0.4) is 0 Å². The molecule has 0 bridgehead atoms. The molecule has 0 unspecified atom stereocenters. The third-order valence-corrected chi connectivity index (χ3v) is 5.46. The van der Waals surface area contributed by atoms with Gasteiger partial charge in [0.25, 0.3) is 0 Å². The van der Waals surface area contributed by atoms with E-state index in [-0.39, 0.29) is 11.8 Å². The molecule has 0 aliphatic carbocycles. The first kappa shape index (κ1) is 19.1. The molecule has 1 aromatic rings. The zero-order valence-corrected chi connectivity index (χ0v) is 16.0. The van der Waals surface area contributed by atoms with Crippen LogP contribution in [-0.2, 0) is 9.59 Å². The second-order valence-corrected chi connectivity index (χ2v) is 7.53. The maximum Gasteiger partial charge on any atom is 0.239 e. The van der Waals surface area contributed by atoms with Crippen LogP contribution in [0.2, 0.25) is 5.02 Å². The summed E-state index contributed by atoms with van der Waals surface area (Å²) in [6.07, 6.45) is 1.48. The molecule has 0 radical (unpaired) electrons. The molecule has 1 atom stereocenters. The van der Waals surface area contributed by atoms with Crippen molar-refractivity contribution in [3.63, 3.8) is 0 Å². The van der Waals surface area contributed by atoms with Crippen LogP contribution >= 0.6 is 11.6 Å². The number of hydrogen-bond donors (Lipinski definition) is 1. The molecule has 0 aromatic heterocycles. The minimum atomic E-state index is -0.575. The van der Waals surface area contributed by atoms with E-state index in [0.717, 1.165) is 44.8 Å². The van der Waals surface area contributed by atoms with E-state index in [1.807, 2.05) is 12.1 Å². The Labute approximate surface area is 160 Å². The molecule has 2 fully saturated rings. The first-order valence-electron chi connectivity index (χ1n) is 9.30. The lowest BCUT2D eigenvalue weighted by Crippen LogP contribution is -2.45. The summed E-state index contributed by atoms with van der Waals surface area (Å²) < 4.78 is 0. The normalized spacial score (nSPS) is 22.0. The zero-order valence-electron chi connectivity index (χ0n) is 15.3. The number of carbonyl (C=O) groups excluding carboxylic acids is 2. The molecule has 3 rings (SSSR count). The fourth-order valence-electron chi connectivity index (χ4n) is 3.51. The average Bonchev–Trinajstić information content (AvgIpc) is 3.02. The molecule has 0 saturated carbocycles. The molecular weight excluding hydrogens is 352 g/mol. The Kier molecular flexibility index (Phi) is 6.51. The minimum absolute atomic E-state index is 0.121. The molecule has 2 saturated heterocycles. The van der Waals surface area contributed by atoms with Gasteiger partial charge in [0.1, 0.15) is 5.92 Å². The Hall–Kier alpha value is -1.63. The van der Waals surface area contributed by atoms with E-state index in [2.05, 4.69) is 22.2 Å². The predicted molar refractivity (Wildman–Crippen MR) is 103 cm³/mol. The topological polar surface area (TPSA) is 55.9 Å². The quantitative estimate of drug-likeness (QED) is 0.601. The van der Waals surface area contributed by atoms with Crippen molar-refractivity contribution in [1.82, 2.24) is 15.1 Å². The number of likely N-dealkylation sites (N-methyl/N-ethyl adjacent to an activating group) is 1. The number of anilines is 1. The Bertz CT molecular complexity index is 629. The van der Waals surface area contributed by atoms with Gasteiger partial charge >= 0.3 is 0 Å². The lowest BCUT2D eigenvalue weighted by molar-refractivity contribution is -0.132. The SMILES string of the molecule is CN1CCN(CCCNC(=O)[C@H]2CCN(c3ccc(Cl)cc3)C2=O)CC1. The van der Waals surface area contributed by atoms with Crippen LogP contribution in [0.1, 0.15) is 12.8 Å². The number of halogens is 1. The highest BCUT2D eigenvalue weighted by molar-refractivity contribution is 6.30. The summed E-state index contributed by atoms with van der Waals surface area (Å²) in [4.78, 5) is 31.4. The Morgan fingerprint density at radius 2 is 1.85 bits per heavy atom. The minimum Gasteiger partial charge on any atom is -0.355 e. The number of nitrogens with zero attached hydrogens (tertiary/aromatic N) is 3. The number of rotatable bonds is 6. The van der Waals surface area contributed by atoms with Crippen molar-refractivity contribution < 1.29 is 9.59 Å². The van der Waals surface area contributed by atoms with Gasteiger partial charge in [-0.1, -0.05) is 11.6 Å². The Morgan fingerprint density at radius 1 is 1.15 bits per heavy atom. The van der Waals surface area contributed by atoms with Gasteiger partial charge in [-0.2, -0.15) is 0 Å². The van der Waals surface area contributed by atoms with E-state index < -0.39 is 5.92 Å². The fraction of sp³-hybridized carbons (Fsp3) is 0.579. The van der Waals surface area contributed by atoms with Gasteiger partial charge in [-0.25, -0.2) is 0 Å². The Morgan fingerprint density at radius 3 is 2.54 bits per heavy atom. The molecule has 2 aliphatic rings. The highest BCUT2D eigenvalue weighted by Gasteiger charge is 2.37. The third kappa shape index (κ3) is 4.75. The van der Waals surface area contributed by atoms with Crippen molar-refractivity contribution in [1.29, 1.82) is 0 Å². The molecule has 7 heteroatoms. The van der Waals surface area contributed by atoms with Crippen molar-refractivity contribution in [3.8, 4) is 0 Å². The van der Waals surface area contributed by atoms with Crippen molar-refractivity contribution in [3.05, 3.63) is 29.3 Å². The Balaban J connectivity index is 1.41. The van der Waals surface area contributed by atoms with Crippen molar-refractivity contribution in [2.75, 3.05) is 57.8 Å². The van der Waals surface area contributed by atoms with E-state index in [1.54, 1.807) is 17.0 Å². The van der Waals surface area contributed by atoms with Crippen molar-refractivity contribution in [2.45, 2.75) is 12.8 Å². The highest BCUT2D eigenvalue weighted by atomic mass is 35.5. The highest BCUT2D eigenvalue weighted by Crippen LogP contribution is 2.26. The molecule has 2 heterocycles. The van der Waals surface area contributed by atoms with Crippen LogP contribution in [-0.4, -0.2) is 74.5 Å². The van der Waals surface area contributed by atoms with Crippen molar-refractivity contribution >= 4 is 29.1 Å². The predicted octanol–water partition coefficient (Wildman–Crippen LogP) is 1.45. The van der Waals surface area contributed by atoms with Crippen LogP contribution < -0.4 is 10.2 Å². The number of piperazine rings is 1. The van der Waals surface area contributed by atoms with Gasteiger partial charge < -0.3 is 20.0 Å². The van der Waals surface area contributed by atoms with E-state index in [0.29, 0.717) is 24.5 Å². The summed E-state index contributed by atoms with van der Waals surface area (Å²) >= 11 is 5.89. The van der Waals surface area contributed by atoms with Gasteiger partial charge in [0.2, 0.25) is 11.8 Å². The smallest absolute Gasteiger partial charge is 0.239 e. The van der Waals surface area contributed by atoms with E-state index in [4.69, 9.17) is 11.6 Å². The first-order chi connectivity index (χ1) is 12.5. The summed E-state index contributed by atoms with van der Waals surface area (Å²) in [6, 6.07) is 7.15. The van der Waals surface area contributed by atoms with Crippen LogP contribution in [0.4, 0.5) is 5.69 Å². The average molecular weight is 379 g/mol. The number of hydrogen-bond acceptors (Lipinski definition) is 4. The van der Waals surface area contributed by atoms with E-state index >= 15 is 0 Å². The first-order valence-corrected chi connectivity index (χ1v) is 9.68. The van der Waals surface area contributed by atoms with Crippen LogP contribution in [0.25, 0.3) is 0 Å². The molecule has 0 spiro atoms. The van der Waals surface area contributed by atoms with Gasteiger partial charge in [0, 0.05) is 50.0 Å². The summed E-state index contributed by atoms with van der Waals surface area (Å²) in [7, 11) is 2.14. The van der Waals surface area contributed by atoms with Gasteiger partial charge in [-0.15, -0.1) is 0 Å². The van der Waals surface area contributed by atoms with Gasteiger partial charge in [-0.05, 0) is 50.7 Å². The summed E-state index contributed by atoms with van der Waals surface area (Å²) in [5.41, 5.74) is 0.796. The maximum absolute atomic E-state index is 12.6. The maximum atomic E-state index is 12.6. The third-order valence-electron chi connectivity index (χ3n) is 5.21. The number of amides is 2. The molecule has 142 valence electrons. The number of carbonyl (C=O) groups is 2. The lowest BCUT2D eigenvalue weighted by atomic mass is 10.1. The second-order valence-electron chi connectivity index (χ2n) is 7.10. The number of nitrogens with one attached hydrogen (secondary N) is 1. The summed E-state index contributed by atoms with van der Waals surface area (Å²) in [6.45, 7) is 6.55. The number of benzene rings is 1. The molecule has 2 aliphatic heterocycles. The van der Waals surface area contributed by atoms with Gasteiger partial charge in [0.15, 0.2) is 0 Å². The second kappa shape index (κ2) is 8.84. The molecule has 1 aromatic carbocycles. The fourth-order valence-corrected chi connectivity index (χ4v) is 3.64. The van der Waals surface area contributed by atoms with E-state index in [1.165, 1.54) is 0 Å². The van der Waals surface area contributed by atoms with Crippen LogP contribution in [0.15, 0.2) is 24.3 Å². The zero-order chi connectivity index (χ0) is 18.5. The van der Waals surface area contributed by atoms with Gasteiger partial charge in [-0.3, -0.25) is 9.59 Å². The lowest BCUT2D eigenvalue weighted by Gasteiger charge is -2.32. The summed E-state index contributed by atoms with van der Waals surface area (Å²) in [5.74, 6) is -0.844. The van der Waals surface area contributed by atoms with E-state index in [9.17, 15) is 9.59 Å². The monoisotopic (exact) mass is 378 g/mol. The van der Waals surface area contributed by atoms with Gasteiger partial charge in [0.05, 0.1) is 0 Å². The van der Waals surface area contributed by atoms with Crippen LogP contribution in [0.5, 0.6) is 0 Å². The molecular formula is C19H27ClN4O2. The van der Waals surface area contributed by atoms with Crippen molar-refractivity contribution in [2.24, 2.45) is 5.92 Å². The standard InChI is InChI=1S/C19H27ClN4O2/c1-22-11-13-23(14-12-22)9-2-8-21-18(25)17-7-10-24(19(17)26)16-5-3-15(20)4-6-16/h3-6,17H,2,7-14H2,1H3,(H,21,25)/t17-/m1/s1.